The molecule has 3 heterocycles. The first kappa shape index (κ1) is 27.5. The van der Waals surface area contributed by atoms with Crippen LogP contribution in [0, 0.1) is 11.3 Å². The SMILES string of the molecule is CCC(=O)[C@@H]1C[C@]23COCCCCC(=O)NCc4cc(CC(C)C)cc5c(C(C)=O)nn(c45)CC(=O)N1[C@@H]2C3. The largest absolute Gasteiger partial charge is 0.381 e. The van der Waals surface area contributed by atoms with E-state index in [4.69, 9.17) is 4.74 Å². The van der Waals surface area contributed by atoms with E-state index in [1.54, 1.807) is 9.58 Å². The molecule has 2 aliphatic heterocycles. The number of benzene rings is 1. The quantitative estimate of drug-likeness (QED) is 0.585. The molecule has 0 radical (unpaired) electrons. The number of aromatic nitrogens is 2. The van der Waals surface area contributed by atoms with Gasteiger partial charge in [0, 0.05) is 49.8 Å². The monoisotopic (exact) mass is 536 g/mol. The Morgan fingerprint density at radius 3 is 2.72 bits per heavy atom. The number of nitrogens with one attached hydrogen (secondary N) is 1. The van der Waals surface area contributed by atoms with Crippen LogP contribution in [0.25, 0.3) is 10.9 Å². The highest BCUT2D eigenvalue weighted by Crippen LogP contribution is 2.60. The van der Waals surface area contributed by atoms with Crippen molar-refractivity contribution in [3.8, 4) is 0 Å². The first-order chi connectivity index (χ1) is 18.6. The molecule has 39 heavy (non-hydrogen) atoms. The predicted octanol–water partition coefficient (Wildman–Crippen LogP) is 3.59. The molecule has 9 nitrogen and oxygen atoms in total. The molecule has 2 bridgehead atoms. The first-order valence-electron chi connectivity index (χ1n) is 14.3. The Morgan fingerprint density at radius 1 is 1.21 bits per heavy atom. The van der Waals surface area contributed by atoms with Gasteiger partial charge in [-0.3, -0.25) is 23.9 Å². The topological polar surface area (TPSA) is 111 Å². The minimum absolute atomic E-state index is 0.0179. The van der Waals surface area contributed by atoms with Gasteiger partial charge in [-0.2, -0.15) is 5.10 Å². The van der Waals surface area contributed by atoms with E-state index in [0.29, 0.717) is 55.0 Å². The van der Waals surface area contributed by atoms with E-state index in [-0.39, 0.29) is 47.9 Å². The van der Waals surface area contributed by atoms with Crippen LogP contribution in [0.2, 0.25) is 0 Å². The predicted molar refractivity (Wildman–Crippen MR) is 146 cm³/mol. The average molecular weight is 537 g/mol. The van der Waals surface area contributed by atoms with Crippen molar-refractivity contribution in [1.29, 1.82) is 0 Å². The lowest BCUT2D eigenvalue weighted by Gasteiger charge is -2.26. The molecule has 2 amide bonds. The van der Waals surface area contributed by atoms with Gasteiger partial charge in [-0.25, -0.2) is 0 Å². The number of ether oxygens (including phenoxy) is 1. The molecule has 1 N–H and O–H groups in total. The van der Waals surface area contributed by atoms with Gasteiger partial charge in [-0.05, 0) is 55.2 Å². The number of carbonyl (C=O) groups excluding carboxylic acids is 4. The van der Waals surface area contributed by atoms with E-state index in [0.717, 1.165) is 36.8 Å². The van der Waals surface area contributed by atoms with Gasteiger partial charge in [0.15, 0.2) is 11.6 Å². The molecule has 9 heteroatoms. The highest BCUT2D eigenvalue weighted by atomic mass is 16.5. The van der Waals surface area contributed by atoms with Crippen LogP contribution in [0.4, 0.5) is 0 Å². The molecular formula is C30H40N4O5. The molecule has 5 rings (SSSR count). The molecule has 1 aromatic heterocycles. The van der Waals surface area contributed by atoms with Gasteiger partial charge in [0.1, 0.15) is 12.2 Å². The van der Waals surface area contributed by atoms with Crippen molar-refractivity contribution in [3.63, 3.8) is 0 Å². The summed E-state index contributed by atoms with van der Waals surface area (Å²) in [6, 6.07) is 3.59. The Morgan fingerprint density at radius 2 is 2.00 bits per heavy atom. The fourth-order valence-corrected chi connectivity index (χ4v) is 6.53. The Labute approximate surface area is 229 Å². The Kier molecular flexibility index (Phi) is 7.64. The van der Waals surface area contributed by atoms with Crippen molar-refractivity contribution in [1.82, 2.24) is 20.0 Å². The molecule has 1 saturated heterocycles. The normalized spacial score (nSPS) is 25.9. The Bertz CT molecular complexity index is 1310. The molecule has 210 valence electrons. The molecule has 2 aromatic rings. The lowest BCUT2D eigenvalue weighted by molar-refractivity contribution is -0.139. The summed E-state index contributed by atoms with van der Waals surface area (Å²) in [5.74, 6) is 0.0873. The Hall–Kier alpha value is -3.07. The van der Waals surface area contributed by atoms with E-state index in [9.17, 15) is 19.2 Å². The van der Waals surface area contributed by atoms with Gasteiger partial charge < -0.3 is 15.0 Å². The summed E-state index contributed by atoms with van der Waals surface area (Å²) in [4.78, 5) is 53.9. The summed E-state index contributed by atoms with van der Waals surface area (Å²) in [6.45, 7) is 8.88. The van der Waals surface area contributed by atoms with Gasteiger partial charge >= 0.3 is 0 Å². The highest BCUT2D eigenvalue weighted by Gasteiger charge is 2.66. The van der Waals surface area contributed by atoms with Crippen molar-refractivity contribution >= 4 is 34.3 Å². The molecule has 2 fully saturated rings. The van der Waals surface area contributed by atoms with E-state index in [1.165, 1.54) is 6.92 Å². The summed E-state index contributed by atoms with van der Waals surface area (Å²) >= 11 is 0. The summed E-state index contributed by atoms with van der Waals surface area (Å²) in [6.07, 6.45) is 4.55. The van der Waals surface area contributed by atoms with Crippen LogP contribution < -0.4 is 5.32 Å². The van der Waals surface area contributed by atoms with E-state index in [1.807, 2.05) is 13.0 Å². The summed E-state index contributed by atoms with van der Waals surface area (Å²) < 4.78 is 7.61. The van der Waals surface area contributed by atoms with Crippen molar-refractivity contribution < 1.29 is 23.9 Å². The number of amides is 2. The second-order valence-corrected chi connectivity index (χ2v) is 12.0. The van der Waals surface area contributed by atoms with Crippen molar-refractivity contribution in [2.24, 2.45) is 11.3 Å². The third-order valence-electron chi connectivity index (χ3n) is 8.48. The number of rotatable bonds is 5. The number of hydrogen-bond donors (Lipinski definition) is 1. The fourth-order valence-electron chi connectivity index (χ4n) is 6.53. The van der Waals surface area contributed by atoms with E-state index < -0.39 is 6.04 Å². The van der Waals surface area contributed by atoms with Crippen molar-refractivity contribution in [2.75, 3.05) is 13.2 Å². The van der Waals surface area contributed by atoms with Crippen LogP contribution in [0.15, 0.2) is 12.1 Å². The number of piperidine rings is 1. The number of hydrogen-bond acceptors (Lipinski definition) is 6. The molecule has 3 atom stereocenters. The number of carbonyl (C=O) groups is 4. The first-order valence-corrected chi connectivity index (χ1v) is 14.3. The lowest BCUT2D eigenvalue weighted by Crippen LogP contribution is -2.44. The zero-order valence-electron chi connectivity index (χ0n) is 23.5. The van der Waals surface area contributed by atoms with Gasteiger partial charge in [0.05, 0.1) is 18.2 Å². The summed E-state index contributed by atoms with van der Waals surface area (Å²) in [7, 11) is 0. The summed E-state index contributed by atoms with van der Waals surface area (Å²) in [5, 5.41) is 8.37. The second kappa shape index (κ2) is 10.8. The van der Waals surface area contributed by atoms with Crippen LogP contribution in [0.5, 0.6) is 0 Å². The van der Waals surface area contributed by atoms with E-state index in [2.05, 4.69) is 30.3 Å². The van der Waals surface area contributed by atoms with Crippen molar-refractivity contribution in [3.05, 3.63) is 29.0 Å². The maximum atomic E-state index is 13.9. The molecule has 1 aliphatic carbocycles. The second-order valence-electron chi connectivity index (χ2n) is 12.0. The van der Waals surface area contributed by atoms with Crippen LogP contribution in [-0.4, -0.2) is 63.4 Å². The average Bonchev–Trinajstić information content (AvgIpc) is 3.29. The third kappa shape index (κ3) is 5.38. The van der Waals surface area contributed by atoms with Crippen LogP contribution in [-0.2, 0) is 38.6 Å². The Balaban J connectivity index is 1.58. The number of ketones is 2. The van der Waals surface area contributed by atoms with E-state index >= 15 is 0 Å². The molecule has 0 spiro atoms. The minimum Gasteiger partial charge on any atom is -0.381 e. The zero-order valence-corrected chi connectivity index (χ0v) is 23.5. The number of Topliss-reactive ketones (excluding diaryl/α,β-unsaturated/α-hetero) is 2. The van der Waals surface area contributed by atoms with Gasteiger partial charge in [0.25, 0.3) is 0 Å². The molecular weight excluding hydrogens is 496 g/mol. The molecule has 3 aliphatic rings. The molecule has 0 unspecified atom stereocenters. The highest BCUT2D eigenvalue weighted by molar-refractivity contribution is 6.06. The summed E-state index contributed by atoms with van der Waals surface area (Å²) in [5.41, 5.74) is 2.73. The standard InChI is InChI=1S/C30H40N4O5/c1-5-24(36)23-13-30-14-25(30)34(23)27(38)16-33-29-21(15-31-26(37)8-6-7-9-39-17-30)11-20(10-18(2)3)12-22(29)28(32-33)19(4)35/h11-12,18,23,25H,5-10,13-17H2,1-4H3,(H,31,37)/t23-,25+,30-/m0/s1. The van der Waals surface area contributed by atoms with Crippen LogP contribution in [0.1, 0.15) is 87.8 Å². The van der Waals surface area contributed by atoms with Crippen LogP contribution >= 0.6 is 0 Å². The van der Waals surface area contributed by atoms with Gasteiger partial charge in [-0.1, -0.05) is 26.8 Å². The van der Waals surface area contributed by atoms with Crippen molar-refractivity contribution in [2.45, 2.75) is 97.8 Å². The van der Waals surface area contributed by atoms with Gasteiger partial charge in [0.2, 0.25) is 11.8 Å². The maximum Gasteiger partial charge on any atom is 0.245 e. The van der Waals surface area contributed by atoms with Crippen LogP contribution in [0.3, 0.4) is 0 Å². The lowest BCUT2D eigenvalue weighted by atomic mass is 9.97. The smallest absolute Gasteiger partial charge is 0.245 e. The molecule has 1 saturated carbocycles. The van der Waals surface area contributed by atoms with Gasteiger partial charge in [-0.15, -0.1) is 0 Å². The minimum atomic E-state index is -0.450. The fraction of sp³-hybridized carbons (Fsp3) is 0.633. The zero-order chi connectivity index (χ0) is 27.9. The number of nitrogens with zero attached hydrogens (tertiary/aromatic N) is 3. The maximum absolute atomic E-state index is 13.9. The molecule has 1 aromatic carbocycles. The third-order valence-corrected chi connectivity index (χ3v) is 8.48.